The number of furan rings is 1. The smallest absolute Gasteiger partial charge is 0.136 e. The lowest BCUT2D eigenvalue weighted by molar-refractivity contribution is 0.669. The molecule has 0 aliphatic rings. The summed E-state index contributed by atoms with van der Waals surface area (Å²) in [5, 5.41) is 7.36. The third kappa shape index (κ3) is 5.40. The number of hydrogen-bond donors (Lipinski definition) is 0. The van der Waals surface area contributed by atoms with E-state index in [0.717, 1.165) is 50.1 Å². The van der Waals surface area contributed by atoms with E-state index < -0.39 is 0 Å². The predicted molar refractivity (Wildman–Crippen MR) is 235 cm³/mol. The zero-order chi connectivity index (χ0) is 36.3. The highest BCUT2D eigenvalue weighted by atomic mass is 32.1. The Kier molecular flexibility index (Phi) is 7.39. The molecule has 2 heterocycles. The lowest BCUT2D eigenvalue weighted by Gasteiger charge is -2.27. The topological polar surface area (TPSA) is 16.4 Å². The van der Waals surface area contributed by atoms with Crippen LogP contribution in [0.25, 0.3) is 86.3 Å². The van der Waals surface area contributed by atoms with Crippen molar-refractivity contribution in [1.82, 2.24) is 0 Å². The molecule has 2 aromatic heterocycles. The molecule has 0 aliphatic heterocycles. The highest BCUT2D eigenvalue weighted by Gasteiger charge is 2.21. The van der Waals surface area contributed by atoms with Gasteiger partial charge in [0.1, 0.15) is 11.2 Å². The summed E-state index contributed by atoms with van der Waals surface area (Å²) in [5.74, 6) is 0. The Morgan fingerprint density at radius 3 is 1.76 bits per heavy atom. The van der Waals surface area contributed by atoms with E-state index in [4.69, 9.17) is 4.42 Å². The maximum atomic E-state index is 6.26. The molecule has 0 spiro atoms. The molecule has 0 amide bonds. The first-order chi connectivity index (χ1) is 27.2. The number of fused-ring (bicyclic) bond motifs is 7. The third-order valence-electron chi connectivity index (χ3n) is 10.9. The average molecular weight is 720 g/mol. The van der Waals surface area contributed by atoms with Crippen molar-refractivity contribution in [2.75, 3.05) is 4.90 Å². The molecule has 0 bridgehead atoms. The fraction of sp³-hybridized carbons (Fsp3) is 0. The minimum absolute atomic E-state index is 0.904. The largest absolute Gasteiger partial charge is 0.456 e. The van der Waals surface area contributed by atoms with E-state index >= 15 is 0 Å². The third-order valence-corrected chi connectivity index (χ3v) is 12.1. The normalized spacial score (nSPS) is 11.6. The number of hydrogen-bond acceptors (Lipinski definition) is 3. The quantitative estimate of drug-likeness (QED) is 0.170. The van der Waals surface area contributed by atoms with Crippen molar-refractivity contribution >= 4 is 81.3 Å². The van der Waals surface area contributed by atoms with Crippen LogP contribution in [0.1, 0.15) is 0 Å². The molecule has 0 saturated heterocycles. The lowest BCUT2D eigenvalue weighted by atomic mass is 9.98. The van der Waals surface area contributed by atoms with Gasteiger partial charge in [-0.3, -0.25) is 0 Å². The summed E-state index contributed by atoms with van der Waals surface area (Å²) in [6, 6.07) is 72.2. The van der Waals surface area contributed by atoms with E-state index in [2.05, 4.69) is 193 Å². The molecule has 0 saturated carbocycles. The van der Waals surface area contributed by atoms with Crippen LogP contribution >= 0.6 is 11.3 Å². The summed E-state index contributed by atoms with van der Waals surface area (Å²) in [6.45, 7) is 0. The number of benzene rings is 9. The van der Waals surface area contributed by atoms with E-state index in [0.29, 0.717) is 0 Å². The fourth-order valence-corrected chi connectivity index (χ4v) is 9.39. The molecule has 0 atom stereocenters. The van der Waals surface area contributed by atoms with Crippen LogP contribution in [0.2, 0.25) is 0 Å². The summed E-state index contributed by atoms with van der Waals surface area (Å²) in [5.41, 5.74) is 12.3. The molecule has 0 fully saturated rings. The predicted octanol–water partition coefficient (Wildman–Crippen LogP) is 15.6. The summed E-state index contributed by atoms with van der Waals surface area (Å²) in [6.07, 6.45) is 0. The number of anilines is 3. The molecular weight excluding hydrogens is 687 g/mol. The first-order valence-electron chi connectivity index (χ1n) is 18.7. The SMILES string of the molecule is c1ccc(-c2ccc(N(c3ccc(-c4ccc5ccccc5c4)cc3)c3ccc(-c4ccc5c(c4)oc4ccccc45)cc3)c3sc4ccccc4c23)cc1. The monoisotopic (exact) mass is 719 g/mol. The molecule has 11 rings (SSSR count). The molecule has 2 nitrogen and oxygen atoms in total. The molecule has 9 aromatic carbocycles. The van der Waals surface area contributed by atoms with Gasteiger partial charge in [0.05, 0.1) is 10.4 Å². The second kappa shape index (κ2) is 12.9. The van der Waals surface area contributed by atoms with E-state index in [1.807, 2.05) is 23.5 Å². The number of nitrogens with zero attached hydrogens (tertiary/aromatic N) is 1. The van der Waals surface area contributed by atoms with Gasteiger partial charge >= 0.3 is 0 Å². The fourth-order valence-electron chi connectivity index (χ4n) is 8.16. The zero-order valence-electron chi connectivity index (χ0n) is 29.8. The first-order valence-corrected chi connectivity index (χ1v) is 19.5. The van der Waals surface area contributed by atoms with Crippen LogP contribution in [-0.4, -0.2) is 0 Å². The van der Waals surface area contributed by atoms with Crippen LogP contribution in [0.3, 0.4) is 0 Å². The minimum Gasteiger partial charge on any atom is -0.456 e. The highest BCUT2D eigenvalue weighted by Crippen LogP contribution is 2.48. The van der Waals surface area contributed by atoms with Crippen LogP contribution in [0.5, 0.6) is 0 Å². The zero-order valence-corrected chi connectivity index (χ0v) is 30.6. The average Bonchev–Trinajstić information content (AvgIpc) is 3.83. The summed E-state index contributed by atoms with van der Waals surface area (Å²) < 4.78 is 8.80. The van der Waals surface area contributed by atoms with Gasteiger partial charge in [0.25, 0.3) is 0 Å². The van der Waals surface area contributed by atoms with Gasteiger partial charge in [-0.1, -0.05) is 140 Å². The number of thiophene rings is 1. The first kappa shape index (κ1) is 31.6. The summed E-state index contributed by atoms with van der Waals surface area (Å²) in [4.78, 5) is 2.42. The van der Waals surface area contributed by atoms with Gasteiger partial charge in [0, 0.05) is 37.6 Å². The molecule has 0 aliphatic carbocycles. The van der Waals surface area contributed by atoms with Crippen LogP contribution < -0.4 is 4.90 Å². The summed E-state index contributed by atoms with van der Waals surface area (Å²) >= 11 is 1.87. The molecular formula is C52H33NOS. The van der Waals surface area contributed by atoms with Gasteiger partial charge in [-0.25, -0.2) is 0 Å². The molecule has 0 radical (unpaired) electrons. The van der Waals surface area contributed by atoms with Gasteiger partial charge in [0.15, 0.2) is 0 Å². The van der Waals surface area contributed by atoms with Crippen molar-refractivity contribution < 1.29 is 4.42 Å². The van der Waals surface area contributed by atoms with Gasteiger partial charge in [0.2, 0.25) is 0 Å². The Balaban J connectivity index is 1.06. The molecule has 258 valence electrons. The van der Waals surface area contributed by atoms with E-state index in [9.17, 15) is 0 Å². The maximum Gasteiger partial charge on any atom is 0.136 e. The Bertz CT molecular complexity index is 3190. The van der Waals surface area contributed by atoms with Crippen molar-refractivity contribution in [1.29, 1.82) is 0 Å². The second-order valence-electron chi connectivity index (χ2n) is 14.1. The van der Waals surface area contributed by atoms with Gasteiger partial charge in [-0.05, 0) is 105 Å². The van der Waals surface area contributed by atoms with Gasteiger partial charge < -0.3 is 9.32 Å². The van der Waals surface area contributed by atoms with Crippen molar-refractivity contribution in [2.24, 2.45) is 0 Å². The van der Waals surface area contributed by atoms with E-state index in [1.54, 1.807) is 0 Å². The van der Waals surface area contributed by atoms with Crippen molar-refractivity contribution in [2.45, 2.75) is 0 Å². The van der Waals surface area contributed by atoms with Crippen LogP contribution in [0, 0.1) is 0 Å². The molecule has 0 unspecified atom stereocenters. The number of rotatable bonds is 6. The van der Waals surface area contributed by atoms with Crippen molar-refractivity contribution in [3.8, 4) is 33.4 Å². The van der Waals surface area contributed by atoms with Crippen LogP contribution in [0.4, 0.5) is 17.1 Å². The summed E-state index contributed by atoms with van der Waals surface area (Å²) in [7, 11) is 0. The lowest BCUT2D eigenvalue weighted by Crippen LogP contribution is -2.10. The minimum atomic E-state index is 0.904. The van der Waals surface area contributed by atoms with Crippen molar-refractivity contribution in [3.63, 3.8) is 0 Å². The van der Waals surface area contributed by atoms with Gasteiger partial charge in [-0.15, -0.1) is 11.3 Å². The Morgan fingerprint density at radius 1 is 0.382 bits per heavy atom. The molecule has 3 heteroatoms. The van der Waals surface area contributed by atoms with E-state index in [-0.39, 0.29) is 0 Å². The van der Waals surface area contributed by atoms with Crippen molar-refractivity contribution in [3.05, 3.63) is 200 Å². The molecule has 11 aromatic rings. The van der Waals surface area contributed by atoms with Gasteiger partial charge in [-0.2, -0.15) is 0 Å². The van der Waals surface area contributed by atoms with Crippen LogP contribution in [-0.2, 0) is 0 Å². The Hall–Kier alpha value is -6.94. The molecule has 55 heavy (non-hydrogen) atoms. The van der Waals surface area contributed by atoms with E-state index in [1.165, 1.54) is 53.2 Å². The standard InChI is InChI=1S/C52H33NOS/c1-2-11-37(12-3-1)43-30-31-47(52-51(43)46-15-7-9-17-50(46)55-52)53(41-25-20-35(21-26-41)39-19-18-34-10-4-5-13-38(34)32-39)42-27-22-36(23-28-42)40-24-29-45-44-14-6-8-16-48(44)54-49(45)33-40/h1-33H. The van der Waals surface area contributed by atoms with Crippen LogP contribution in [0.15, 0.2) is 205 Å². The number of para-hydroxylation sites is 1. The highest BCUT2D eigenvalue weighted by molar-refractivity contribution is 7.26. The Labute approximate surface area is 322 Å². The molecule has 0 N–H and O–H groups in total. The second-order valence-corrected chi connectivity index (χ2v) is 15.2. The maximum absolute atomic E-state index is 6.26. The Morgan fingerprint density at radius 2 is 0.982 bits per heavy atom.